The van der Waals surface area contributed by atoms with Crippen LogP contribution in [0, 0.1) is 9.81 Å². The number of nitrogens with two attached hydrogens (primary N) is 1. The van der Waals surface area contributed by atoms with Crippen LogP contribution < -0.4 is 11.2 Å². The first kappa shape index (κ1) is 28.5. The predicted molar refractivity (Wildman–Crippen MR) is 153 cm³/mol. The Balaban J connectivity index is 1.57. The highest BCUT2D eigenvalue weighted by molar-refractivity contribution is 5.99. The first-order chi connectivity index (χ1) is 19.5. The lowest BCUT2D eigenvalue weighted by Gasteiger charge is -2.23. The summed E-state index contributed by atoms with van der Waals surface area (Å²) in [5, 5.41) is 16.9. The molecule has 0 aromatic heterocycles. The van der Waals surface area contributed by atoms with E-state index in [1.54, 1.807) is 21.9 Å². The Morgan fingerprint density at radius 2 is 1.88 bits per heavy atom. The summed E-state index contributed by atoms with van der Waals surface area (Å²) in [4.78, 5) is 51.0. The average Bonchev–Trinajstić information content (AvgIpc) is 3.38. The molecule has 40 heavy (non-hydrogen) atoms. The second-order valence-corrected chi connectivity index (χ2v) is 9.94. The number of benzene rings is 2. The number of amides is 2. The van der Waals surface area contributed by atoms with Gasteiger partial charge in [-0.05, 0) is 60.2 Å². The predicted octanol–water partition coefficient (Wildman–Crippen LogP) is 4.58. The van der Waals surface area contributed by atoms with E-state index < -0.39 is 6.17 Å². The van der Waals surface area contributed by atoms with Crippen LogP contribution in [0.3, 0.4) is 0 Å². The molecule has 2 heterocycles. The minimum atomic E-state index is -0.540. The lowest BCUT2D eigenvalue weighted by Crippen LogP contribution is -2.35. The van der Waals surface area contributed by atoms with Crippen LogP contribution in [0.25, 0.3) is 17.2 Å². The summed E-state index contributed by atoms with van der Waals surface area (Å²) in [6, 6.07) is 12.9. The Morgan fingerprint density at radius 1 is 1.10 bits per heavy atom. The summed E-state index contributed by atoms with van der Waals surface area (Å²) < 4.78 is 0. The van der Waals surface area contributed by atoms with Gasteiger partial charge in [0.05, 0.1) is 6.54 Å². The van der Waals surface area contributed by atoms with E-state index in [1.807, 2.05) is 43.3 Å². The third-order valence-electron chi connectivity index (χ3n) is 7.12. The first-order valence-electron chi connectivity index (χ1n) is 13.5. The van der Waals surface area contributed by atoms with Crippen LogP contribution in [0.1, 0.15) is 48.5 Å². The number of hydrogen-bond acceptors (Lipinski definition) is 9. The van der Waals surface area contributed by atoms with E-state index in [0.717, 1.165) is 28.8 Å². The third-order valence-corrected chi connectivity index (χ3v) is 7.12. The van der Waals surface area contributed by atoms with Gasteiger partial charge in [0.2, 0.25) is 5.91 Å². The number of hydrogen-bond donors (Lipinski definition) is 2. The molecule has 4 rings (SSSR count). The Kier molecular flexibility index (Phi) is 9.66. The van der Waals surface area contributed by atoms with Crippen molar-refractivity contribution >= 4 is 23.6 Å². The Bertz CT molecular complexity index is 1290. The van der Waals surface area contributed by atoms with Gasteiger partial charge in [0.1, 0.15) is 12.2 Å². The minimum Gasteiger partial charge on any atom is -0.361 e. The van der Waals surface area contributed by atoms with E-state index >= 15 is 0 Å². The molecule has 2 amide bonds. The van der Waals surface area contributed by atoms with Gasteiger partial charge in [-0.2, -0.15) is 9.81 Å². The lowest BCUT2D eigenvalue weighted by atomic mass is 10.00. The highest BCUT2D eigenvalue weighted by atomic mass is 16.3. The van der Waals surface area contributed by atoms with Crippen molar-refractivity contribution in [2.45, 2.75) is 44.8 Å². The first-order valence-corrected chi connectivity index (χ1v) is 13.5. The van der Waals surface area contributed by atoms with E-state index in [9.17, 15) is 19.4 Å². The second-order valence-electron chi connectivity index (χ2n) is 9.94. The number of likely N-dealkylation sites (tertiary alicyclic amines) is 1. The Morgan fingerprint density at radius 3 is 2.55 bits per heavy atom. The van der Waals surface area contributed by atoms with Gasteiger partial charge in [0.25, 0.3) is 5.91 Å². The number of carbonyl (C=O) groups excluding carboxylic acids is 2. The third kappa shape index (κ3) is 6.74. The summed E-state index contributed by atoms with van der Waals surface area (Å²) in [6.07, 6.45) is 3.50. The molecule has 210 valence electrons. The van der Waals surface area contributed by atoms with E-state index in [-0.39, 0.29) is 24.4 Å². The van der Waals surface area contributed by atoms with Crippen molar-refractivity contribution in [2.24, 2.45) is 26.5 Å². The fourth-order valence-electron chi connectivity index (χ4n) is 5.09. The topological polar surface area (TPSA) is 162 Å². The minimum absolute atomic E-state index is 0.113. The average molecular weight is 547 g/mol. The maximum Gasteiger partial charge on any atom is 0.253 e. The maximum absolute atomic E-state index is 13.5. The van der Waals surface area contributed by atoms with Gasteiger partial charge >= 0.3 is 0 Å². The summed E-state index contributed by atoms with van der Waals surface area (Å²) in [6.45, 7) is 4.06. The standard InChI is InChI=1S/C28H34N8O4/c1-2-12-35(13-3-11-30-39)28(38)23-15-22-9-8-21(16-25(22)31-26(17-23)32-34-29)19-4-6-20(7-5-19)27(37)36-14-10-24(18-36)33-40/h4-9,15-16,24,26,31H,2-3,10-14,17-18H2,1H3,(H2,29,32). The number of fused-ring (bicyclic) bond motifs is 1. The van der Waals surface area contributed by atoms with Crippen LogP contribution in [0.2, 0.25) is 0 Å². The zero-order valence-electron chi connectivity index (χ0n) is 22.5. The number of nitroso groups, excluding NO2 is 2. The Labute approximate surface area is 232 Å². The summed E-state index contributed by atoms with van der Waals surface area (Å²) in [7, 11) is 0. The second kappa shape index (κ2) is 13.5. The molecule has 2 atom stereocenters. The zero-order chi connectivity index (χ0) is 28.5. The molecule has 0 saturated carbocycles. The molecule has 1 fully saturated rings. The molecule has 12 heteroatoms. The molecule has 2 aliphatic heterocycles. The molecule has 0 aliphatic carbocycles. The molecule has 1 saturated heterocycles. The fraction of sp³-hybridized carbons (Fsp3) is 0.429. The van der Waals surface area contributed by atoms with Crippen molar-refractivity contribution in [1.82, 2.24) is 9.80 Å². The van der Waals surface area contributed by atoms with E-state index in [2.05, 4.69) is 26.0 Å². The normalized spacial score (nSPS) is 18.4. The molecule has 2 aromatic carbocycles. The van der Waals surface area contributed by atoms with Gasteiger partial charge in [-0.3, -0.25) is 9.59 Å². The summed E-state index contributed by atoms with van der Waals surface area (Å²) in [5.74, 6) is 5.15. The highest BCUT2D eigenvalue weighted by Crippen LogP contribution is 2.32. The largest absolute Gasteiger partial charge is 0.361 e. The molecule has 0 bridgehead atoms. The van der Waals surface area contributed by atoms with E-state index in [4.69, 9.17) is 5.84 Å². The molecule has 0 spiro atoms. The zero-order valence-corrected chi connectivity index (χ0v) is 22.5. The number of rotatable bonds is 11. The molecular formula is C28H34N8O4. The SMILES string of the molecule is CCCN(CCCN=O)C(=O)C1=Cc2ccc(-c3ccc(C(=O)N4CCC(N=O)C4)cc3)cc2NC(N=NN)C1. The quantitative estimate of drug-likeness (QED) is 0.138. The van der Waals surface area contributed by atoms with Gasteiger partial charge in [0.15, 0.2) is 0 Å². The van der Waals surface area contributed by atoms with Gasteiger partial charge in [0, 0.05) is 49.4 Å². The number of carbonyl (C=O) groups is 2. The molecule has 12 nitrogen and oxygen atoms in total. The summed E-state index contributed by atoms with van der Waals surface area (Å²) in [5.41, 5.74) is 4.55. The van der Waals surface area contributed by atoms with Gasteiger partial charge in [-0.1, -0.05) is 46.8 Å². The number of nitrogens with zero attached hydrogens (tertiary/aromatic N) is 6. The van der Waals surface area contributed by atoms with E-state index in [0.29, 0.717) is 56.6 Å². The van der Waals surface area contributed by atoms with Crippen LogP contribution in [-0.2, 0) is 4.79 Å². The van der Waals surface area contributed by atoms with Crippen molar-refractivity contribution in [3.05, 3.63) is 69.0 Å². The van der Waals surface area contributed by atoms with Crippen LogP contribution in [0.5, 0.6) is 0 Å². The lowest BCUT2D eigenvalue weighted by molar-refractivity contribution is -0.127. The van der Waals surface area contributed by atoms with Gasteiger partial charge in [-0.15, -0.1) is 5.11 Å². The molecule has 3 N–H and O–H groups in total. The molecule has 2 unspecified atom stereocenters. The molecule has 2 aromatic rings. The Hall–Kier alpha value is -4.48. The maximum atomic E-state index is 13.5. The monoisotopic (exact) mass is 546 g/mol. The van der Waals surface area contributed by atoms with Crippen LogP contribution in [-0.4, -0.2) is 66.5 Å². The van der Waals surface area contributed by atoms with Crippen LogP contribution in [0.4, 0.5) is 5.69 Å². The van der Waals surface area contributed by atoms with Crippen LogP contribution in [0.15, 0.2) is 68.7 Å². The van der Waals surface area contributed by atoms with Gasteiger partial charge in [-0.25, -0.2) is 0 Å². The fourth-order valence-corrected chi connectivity index (χ4v) is 5.09. The molecular weight excluding hydrogens is 512 g/mol. The van der Waals surface area contributed by atoms with Crippen molar-refractivity contribution in [3.63, 3.8) is 0 Å². The van der Waals surface area contributed by atoms with Crippen molar-refractivity contribution in [1.29, 1.82) is 0 Å². The van der Waals surface area contributed by atoms with Crippen molar-refractivity contribution in [3.8, 4) is 11.1 Å². The summed E-state index contributed by atoms with van der Waals surface area (Å²) >= 11 is 0. The smallest absolute Gasteiger partial charge is 0.253 e. The molecule has 2 aliphatic rings. The van der Waals surface area contributed by atoms with Gasteiger partial charge < -0.3 is 21.0 Å². The van der Waals surface area contributed by atoms with Crippen molar-refractivity contribution in [2.75, 3.05) is 38.0 Å². The number of nitrogens with one attached hydrogen (secondary N) is 1. The van der Waals surface area contributed by atoms with E-state index in [1.165, 1.54) is 0 Å². The van der Waals surface area contributed by atoms with Crippen LogP contribution >= 0.6 is 0 Å². The van der Waals surface area contributed by atoms with Crippen molar-refractivity contribution < 1.29 is 9.59 Å². The molecule has 0 radical (unpaired) electrons. The number of anilines is 1. The highest BCUT2D eigenvalue weighted by Gasteiger charge is 2.28.